The zero-order valence-electron chi connectivity index (χ0n) is 9.31. The Morgan fingerprint density at radius 1 is 1.47 bits per heavy atom. The van der Waals surface area contributed by atoms with Crippen molar-refractivity contribution in [3.63, 3.8) is 0 Å². The molecule has 1 fully saturated rings. The Hall–Kier alpha value is -0.590. The Balaban J connectivity index is 2.00. The molecule has 0 radical (unpaired) electrons. The Bertz CT molecular complexity index is 445. The van der Waals surface area contributed by atoms with Crippen LogP contribution in [0.2, 0.25) is 0 Å². The number of hydrogen-bond donors (Lipinski definition) is 1. The first-order valence-corrected chi connectivity index (χ1v) is 7.33. The zero-order chi connectivity index (χ0) is 12.3. The molecule has 17 heavy (non-hydrogen) atoms. The lowest BCUT2D eigenvalue weighted by atomic mass is 10.3. The van der Waals surface area contributed by atoms with Gasteiger partial charge in [-0.3, -0.25) is 0 Å². The molecule has 6 heteroatoms. The quantitative estimate of drug-likeness (QED) is 0.801. The maximum Gasteiger partial charge on any atom is 0.199 e. The molecule has 1 aliphatic heterocycles. The third-order valence-corrected chi connectivity index (χ3v) is 4.05. The average Bonchev–Trinajstić information content (AvgIpc) is 2.68. The van der Waals surface area contributed by atoms with Crippen molar-refractivity contribution in [1.82, 2.24) is 4.90 Å². The Morgan fingerprint density at radius 2 is 2.18 bits per heavy atom. The molecule has 0 spiro atoms. The number of benzene rings is 1. The molecule has 0 amide bonds. The first-order chi connectivity index (χ1) is 8.15. The van der Waals surface area contributed by atoms with Gasteiger partial charge in [0.1, 0.15) is 0 Å². The number of thiocarbonyl (C=S) groups is 1. The van der Waals surface area contributed by atoms with Gasteiger partial charge in [0.15, 0.2) is 10.3 Å². The maximum absolute atomic E-state index is 5.21. The van der Waals surface area contributed by atoms with Gasteiger partial charge in [0.2, 0.25) is 0 Å². The van der Waals surface area contributed by atoms with Gasteiger partial charge in [0, 0.05) is 29.5 Å². The minimum atomic E-state index is 0.503. The van der Waals surface area contributed by atoms with Crippen molar-refractivity contribution in [1.29, 1.82) is 0 Å². The van der Waals surface area contributed by atoms with Gasteiger partial charge in [0.25, 0.3) is 0 Å². The summed E-state index contributed by atoms with van der Waals surface area (Å²) in [4.78, 5) is 6.50. The van der Waals surface area contributed by atoms with Crippen LogP contribution >= 0.6 is 39.9 Å². The summed E-state index contributed by atoms with van der Waals surface area (Å²) in [5.41, 5.74) is 0.952. The van der Waals surface area contributed by atoms with Crippen LogP contribution < -0.4 is 5.32 Å². The minimum Gasteiger partial charge on any atom is -0.353 e. The number of nitrogens with one attached hydrogen (secondary N) is 1. The van der Waals surface area contributed by atoms with Crippen LogP contribution in [-0.4, -0.2) is 34.5 Å². The van der Waals surface area contributed by atoms with Crippen LogP contribution in [0.25, 0.3) is 0 Å². The van der Waals surface area contributed by atoms with E-state index in [1.54, 1.807) is 11.8 Å². The van der Waals surface area contributed by atoms with Gasteiger partial charge in [-0.15, -0.1) is 0 Å². The zero-order valence-corrected chi connectivity index (χ0v) is 12.5. The van der Waals surface area contributed by atoms with E-state index in [0.717, 1.165) is 27.6 Å². The van der Waals surface area contributed by atoms with Gasteiger partial charge in [-0.05, 0) is 36.5 Å². The van der Waals surface area contributed by atoms with Gasteiger partial charge in [-0.25, -0.2) is 0 Å². The molecule has 0 saturated carbocycles. The highest BCUT2D eigenvalue weighted by molar-refractivity contribution is 9.10. The number of thioether (sulfide) groups is 1. The number of anilines is 1. The molecule has 1 aliphatic rings. The Kier molecular flexibility index (Phi) is 4.42. The monoisotopic (exact) mass is 329 g/mol. The SMILES string of the molecule is CN1CCS/C1=N\C(=S)Nc1ccc(Br)cc1. The van der Waals surface area contributed by atoms with Crippen molar-refractivity contribution in [3.05, 3.63) is 28.7 Å². The molecule has 1 N–H and O–H groups in total. The Labute approximate surface area is 119 Å². The molecule has 3 nitrogen and oxygen atoms in total. The predicted octanol–water partition coefficient (Wildman–Crippen LogP) is 3.18. The second-order valence-electron chi connectivity index (χ2n) is 3.60. The van der Waals surface area contributed by atoms with Crippen LogP contribution in [0.5, 0.6) is 0 Å². The van der Waals surface area contributed by atoms with Crippen molar-refractivity contribution in [2.75, 3.05) is 24.7 Å². The van der Waals surface area contributed by atoms with Crippen LogP contribution in [0, 0.1) is 0 Å². The summed E-state index contributed by atoms with van der Waals surface area (Å²) >= 11 is 10.3. The number of amidine groups is 1. The number of nitrogens with zero attached hydrogens (tertiary/aromatic N) is 2. The lowest BCUT2D eigenvalue weighted by Gasteiger charge is -2.10. The maximum atomic E-state index is 5.21. The molecule has 0 aliphatic carbocycles. The summed E-state index contributed by atoms with van der Waals surface area (Å²) in [6.45, 7) is 1.03. The number of aliphatic imine (C=N–C) groups is 1. The first-order valence-electron chi connectivity index (χ1n) is 5.14. The van der Waals surface area contributed by atoms with Crippen LogP contribution in [0.4, 0.5) is 5.69 Å². The van der Waals surface area contributed by atoms with Crippen molar-refractivity contribution >= 4 is 55.9 Å². The summed E-state index contributed by atoms with van der Waals surface area (Å²) < 4.78 is 1.05. The van der Waals surface area contributed by atoms with E-state index < -0.39 is 0 Å². The fraction of sp³-hybridized carbons (Fsp3) is 0.273. The Morgan fingerprint density at radius 3 is 2.76 bits per heavy atom. The number of rotatable bonds is 1. The molecule has 0 aromatic heterocycles. The largest absolute Gasteiger partial charge is 0.353 e. The van der Waals surface area contributed by atoms with E-state index in [1.165, 1.54) is 0 Å². The van der Waals surface area contributed by atoms with Crippen LogP contribution in [-0.2, 0) is 0 Å². The molecule has 1 heterocycles. The average molecular weight is 330 g/mol. The first kappa shape index (κ1) is 12.9. The normalized spacial score (nSPS) is 17.5. The molecule has 0 unspecified atom stereocenters. The van der Waals surface area contributed by atoms with E-state index >= 15 is 0 Å². The van der Waals surface area contributed by atoms with Crippen LogP contribution in [0.15, 0.2) is 33.7 Å². The van der Waals surface area contributed by atoms with E-state index in [9.17, 15) is 0 Å². The summed E-state index contributed by atoms with van der Waals surface area (Å²) in [5, 5.41) is 4.59. The second-order valence-corrected chi connectivity index (χ2v) is 5.97. The van der Waals surface area contributed by atoms with Gasteiger partial charge in [-0.2, -0.15) is 4.99 Å². The fourth-order valence-electron chi connectivity index (χ4n) is 1.37. The van der Waals surface area contributed by atoms with Crippen molar-refractivity contribution < 1.29 is 0 Å². The van der Waals surface area contributed by atoms with E-state index in [-0.39, 0.29) is 0 Å². The van der Waals surface area contributed by atoms with Gasteiger partial charge in [0.05, 0.1) is 0 Å². The molecule has 0 atom stereocenters. The third-order valence-electron chi connectivity index (χ3n) is 2.28. The van der Waals surface area contributed by atoms with Gasteiger partial charge < -0.3 is 10.2 Å². The minimum absolute atomic E-state index is 0.503. The van der Waals surface area contributed by atoms with Gasteiger partial charge >= 0.3 is 0 Å². The highest BCUT2D eigenvalue weighted by Gasteiger charge is 2.15. The molecule has 2 rings (SSSR count). The summed E-state index contributed by atoms with van der Waals surface area (Å²) in [6.07, 6.45) is 0. The molecular formula is C11H12BrN3S2. The lowest BCUT2D eigenvalue weighted by Crippen LogP contribution is -2.20. The third kappa shape index (κ3) is 3.69. The topological polar surface area (TPSA) is 27.6 Å². The summed E-state index contributed by atoms with van der Waals surface area (Å²) in [6, 6.07) is 7.85. The highest BCUT2D eigenvalue weighted by Crippen LogP contribution is 2.17. The van der Waals surface area contributed by atoms with E-state index in [1.807, 2.05) is 31.3 Å². The number of hydrogen-bond acceptors (Lipinski definition) is 2. The van der Waals surface area contributed by atoms with E-state index in [0.29, 0.717) is 5.11 Å². The molecular weight excluding hydrogens is 318 g/mol. The standard InChI is InChI=1S/C11H12BrN3S2/c1-15-6-7-17-11(15)14-10(16)13-9-4-2-8(12)3-5-9/h2-5H,6-7H2,1H3,(H,13,16)/b14-11-. The van der Waals surface area contributed by atoms with Crippen LogP contribution in [0.3, 0.4) is 0 Å². The van der Waals surface area contributed by atoms with Crippen molar-refractivity contribution in [2.24, 2.45) is 4.99 Å². The lowest BCUT2D eigenvalue weighted by molar-refractivity contribution is 0.564. The molecule has 1 aromatic rings. The fourth-order valence-corrected chi connectivity index (χ4v) is 2.91. The van der Waals surface area contributed by atoms with E-state index in [2.05, 4.69) is 31.1 Å². The molecule has 0 bridgehead atoms. The molecule has 1 saturated heterocycles. The predicted molar refractivity (Wildman–Crippen MR) is 82.9 cm³/mol. The summed E-state index contributed by atoms with van der Waals surface area (Å²) in [7, 11) is 2.03. The van der Waals surface area contributed by atoms with Gasteiger partial charge in [-0.1, -0.05) is 27.7 Å². The van der Waals surface area contributed by atoms with E-state index in [4.69, 9.17) is 12.2 Å². The number of halogens is 1. The van der Waals surface area contributed by atoms with Crippen molar-refractivity contribution in [2.45, 2.75) is 0 Å². The second kappa shape index (κ2) is 5.84. The van der Waals surface area contributed by atoms with Crippen molar-refractivity contribution in [3.8, 4) is 0 Å². The molecule has 90 valence electrons. The smallest absolute Gasteiger partial charge is 0.199 e. The van der Waals surface area contributed by atoms with Crippen LogP contribution in [0.1, 0.15) is 0 Å². The summed E-state index contributed by atoms with van der Waals surface area (Å²) in [5.74, 6) is 1.08. The highest BCUT2D eigenvalue weighted by atomic mass is 79.9. The molecule has 1 aromatic carbocycles.